The van der Waals surface area contributed by atoms with Crippen LogP contribution in [-0.4, -0.2) is 10.9 Å². The molecular weight excluding hydrogens is 228 g/mol. The summed E-state index contributed by atoms with van der Waals surface area (Å²) in [7, 11) is 0. The van der Waals surface area contributed by atoms with Crippen LogP contribution in [0.2, 0.25) is 0 Å². The second kappa shape index (κ2) is 3.96. The van der Waals surface area contributed by atoms with Crippen LogP contribution in [0.4, 0.5) is 0 Å². The molecule has 1 aliphatic rings. The van der Waals surface area contributed by atoms with Gasteiger partial charge >= 0.3 is 0 Å². The summed E-state index contributed by atoms with van der Waals surface area (Å²) < 4.78 is 5.61. The SMILES string of the molecule is O=C1CC(O)(c2ccccc2)Oc2ccccc21. The number of rotatable bonds is 1. The zero-order valence-corrected chi connectivity index (χ0v) is 9.67. The molecule has 1 atom stereocenters. The van der Waals surface area contributed by atoms with Gasteiger partial charge in [0.05, 0.1) is 12.0 Å². The Bertz CT molecular complexity index is 592. The topological polar surface area (TPSA) is 46.5 Å². The van der Waals surface area contributed by atoms with Crippen LogP contribution < -0.4 is 4.74 Å². The van der Waals surface area contributed by atoms with Gasteiger partial charge in [0.2, 0.25) is 5.79 Å². The molecule has 0 saturated heterocycles. The van der Waals surface area contributed by atoms with Crippen molar-refractivity contribution in [3.63, 3.8) is 0 Å². The van der Waals surface area contributed by atoms with E-state index in [1.165, 1.54) is 0 Å². The van der Waals surface area contributed by atoms with Gasteiger partial charge in [-0.25, -0.2) is 0 Å². The predicted molar refractivity (Wildman–Crippen MR) is 66.4 cm³/mol. The molecule has 18 heavy (non-hydrogen) atoms. The summed E-state index contributed by atoms with van der Waals surface area (Å²) in [6.45, 7) is 0. The van der Waals surface area contributed by atoms with Gasteiger partial charge in [0.15, 0.2) is 5.78 Å². The number of hydrogen-bond donors (Lipinski definition) is 1. The lowest BCUT2D eigenvalue weighted by atomic mass is 9.93. The molecule has 0 bridgehead atoms. The Labute approximate surface area is 105 Å². The molecule has 90 valence electrons. The fourth-order valence-corrected chi connectivity index (χ4v) is 2.18. The van der Waals surface area contributed by atoms with Gasteiger partial charge in [0, 0.05) is 5.56 Å². The minimum Gasteiger partial charge on any atom is -0.457 e. The smallest absolute Gasteiger partial charge is 0.242 e. The highest BCUT2D eigenvalue weighted by Gasteiger charge is 2.40. The Balaban J connectivity index is 2.06. The average molecular weight is 240 g/mol. The Morgan fingerprint density at radius 3 is 2.44 bits per heavy atom. The Hall–Kier alpha value is -2.13. The molecule has 2 aromatic carbocycles. The van der Waals surface area contributed by atoms with E-state index in [1.54, 1.807) is 36.4 Å². The highest BCUT2D eigenvalue weighted by Crippen LogP contribution is 2.37. The normalized spacial score (nSPS) is 22.2. The highest BCUT2D eigenvalue weighted by atomic mass is 16.6. The molecule has 1 unspecified atom stereocenters. The Kier molecular flexibility index (Phi) is 2.42. The molecule has 1 N–H and O–H groups in total. The summed E-state index contributed by atoms with van der Waals surface area (Å²) in [5.41, 5.74) is 1.12. The molecule has 3 heteroatoms. The number of aliphatic hydroxyl groups is 1. The molecule has 0 radical (unpaired) electrons. The molecule has 0 fully saturated rings. The first kappa shape index (κ1) is 11.0. The van der Waals surface area contributed by atoms with Gasteiger partial charge in [-0.05, 0) is 12.1 Å². The van der Waals surface area contributed by atoms with Crippen LogP contribution in [0.3, 0.4) is 0 Å². The van der Waals surface area contributed by atoms with E-state index < -0.39 is 5.79 Å². The van der Waals surface area contributed by atoms with Crippen LogP contribution in [0.1, 0.15) is 22.3 Å². The third kappa shape index (κ3) is 1.69. The van der Waals surface area contributed by atoms with Crippen molar-refractivity contribution < 1.29 is 14.6 Å². The number of para-hydroxylation sites is 1. The zero-order valence-electron chi connectivity index (χ0n) is 9.67. The molecule has 1 aliphatic heterocycles. The first-order valence-corrected chi connectivity index (χ1v) is 5.78. The van der Waals surface area contributed by atoms with E-state index in [9.17, 15) is 9.90 Å². The van der Waals surface area contributed by atoms with E-state index in [0.717, 1.165) is 0 Å². The lowest BCUT2D eigenvalue weighted by molar-refractivity contribution is -0.147. The molecule has 0 saturated carbocycles. The van der Waals surface area contributed by atoms with E-state index in [1.807, 2.05) is 18.2 Å². The van der Waals surface area contributed by atoms with E-state index in [0.29, 0.717) is 16.9 Å². The molecule has 0 amide bonds. The highest BCUT2D eigenvalue weighted by molar-refractivity contribution is 6.00. The summed E-state index contributed by atoms with van der Waals surface area (Å²) in [5, 5.41) is 10.5. The standard InChI is InChI=1S/C15H12O3/c16-13-10-15(17,11-6-2-1-3-7-11)18-14-9-5-4-8-12(13)14/h1-9,17H,10H2. The molecule has 0 aliphatic carbocycles. The molecule has 3 rings (SSSR count). The third-order valence-corrected chi connectivity index (χ3v) is 3.09. The molecule has 2 aromatic rings. The largest absolute Gasteiger partial charge is 0.457 e. The second-order valence-corrected chi connectivity index (χ2v) is 4.35. The van der Waals surface area contributed by atoms with E-state index in [4.69, 9.17) is 4.74 Å². The van der Waals surface area contributed by atoms with Crippen molar-refractivity contribution in [2.75, 3.05) is 0 Å². The van der Waals surface area contributed by atoms with Crippen LogP contribution in [0.25, 0.3) is 0 Å². The maximum atomic E-state index is 12.0. The number of benzene rings is 2. The van der Waals surface area contributed by atoms with Crippen molar-refractivity contribution in [1.82, 2.24) is 0 Å². The third-order valence-electron chi connectivity index (χ3n) is 3.09. The monoisotopic (exact) mass is 240 g/mol. The van der Waals surface area contributed by atoms with Gasteiger partial charge in [0.1, 0.15) is 5.75 Å². The van der Waals surface area contributed by atoms with E-state index in [-0.39, 0.29) is 12.2 Å². The van der Waals surface area contributed by atoms with Crippen molar-refractivity contribution >= 4 is 5.78 Å². The first-order chi connectivity index (χ1) is 8.69. The lowest BCUT2D eigenvalue weighted by Gasteiger charge is -2.33. The maximum absolute atomic E-state index is 12.0. The van der Waals surface area contributed by atoms with Gasteiger partial charge in [-0.15, -0.1) is 0 Å². The minimum atomic E-state index is -1.56. The summed E-state index contributed by atoms with van der Waals surface area (Å²) >= 11 is 0. The zero-order chi connectivity index (χ0) is 12.6. The van der Waals surface area contributed by atoms with Gasteiger partial charge in [0.25, 0.3) is 0 Å². The first-order valence-electron chi connectivity index (χ1n) is 5.78. The van der Waals surface area contributed by atoms with Crippen LogP contribution in [0, 0.1) is 0 Å². The lowest BCUT2D eigenvalue weighted by Crippen LogP contribution is -2.39. The van der Waals surface area contributed by atoms with Crippen LogP contribution >= 0.6 is 0 Å². The summed E-state index contributed by atoms with van der Waals surface area (Å²) in [4.78, 5) is 12.0. The summed E-state index contributed by atoms with van der Waals surface area (Å²) in [6, 6.07) is 15.9. The number of carbonyl (C=O) groups excluding carboxylic acids is 1. The van der Waals surface area contributed by atoms with Crippen LogP contribution in [0.15, 0.2) is 54.6 Å². The summed E-state index contributed by atoms with van der Waals surface area (Å²) in [6.07, 6.45) is -0.0615. The van der Waals surface area contributed by atoms with E-state index in [2.05, 4.69) is 0 Å². The summed E-state index contributed by atoms with van der Waals surface area (Å²) in [5.74, 6) is -1.24. The molecule has 3 nitrogen and oxygen atoms in total. The number of carbonyl (C=O) groups is 1. The maximum Gasteiger partial charge on any atom is 0.242 e. The number of ether oxygens (including phenoxy) is 1. The fourth-order valence-electron chi connectivity index (χ4n) is 2.18. The van der Waals surface area contributed by atoms with Crippen molar-refractivity contribution in [2.45, 2.75) is 12.2 Å². The van der Waals surface area contributed by atoms with Crippen molar-refractivity contribution in [3.05, 3.63) is 65.7 Å². The number of fused-ring (bicyclic) bond motifs is 1. The number of Topliss-reactive ketones (excluding diaryl/α,β-unsaturated/α-hetero) is 1. The quantitative estimate of drug-likeness (QED) is 0.833. The molecule has 1 heterocycles. The Morgan fingerprint density at radius 2 is 1.67 bits per heavy atom. The van der Waals surface area contributed by atoms with Gasteiger partial charge in [-0.3, -0.25) is 4.79 Å². The average Bonchev–Trinajstić information content (AvgIpc) is 2.40. The Morgan fingerprint density at radius 1 is 1.00 bits per heavy atom. The van der Waals surface area contributed by atoms with Gasteiger partial charge in [-0.1, -0.05) is 42.5 Å². The second-order valence-electron chi connectivity index (χ2n) is 4.35. The van der Waals surface area contributed by atoms with Gasteiger partial charge in [-0.2, -0.15) is 0 Å². The van der Waals surface area contributed by atoms with Crippen LogP contribution in [0.5, 0.6) is 5.75 Å². The number of hydrogen-bond acceptors (Lipinski definition) is 3. The number of ketones is 1. The van der Waals surface area contributed by atoms with Crippen molar-refractivity contribution in [2.24, 2.45) is 0 Å². The fraction of sp³-hybridized carbons (Fsp3) is 0.133. The molecular formula is C15H12O3. The molecule has 0 aromatic heterocycles. The van der Waals surface area contributed by atoms with E-state index >= 15 is 0 Å². The van der Waals surface area contributed by atoms with Crippen LogP contribution in [-0.2, 0) is 5.79 Å². The van der Waals surface area contributed by atoms with Gasteiger partial charge < -0.3 is 9.84 Å². The molecule has 0 spiro atoms. The minimum absolute atomic E-state index is 0.0615. The predicted octanol–water partition coefficient (Wildman–Crippen LogP) is 2.50. The van der Waals surface area contributed by atoms with Crippen molar-refractivity contribution in [3.8, 4) is 5.75 Å². The van der Waals surface area contributed by atoms with Crippen molar-refractivity contribution in [1.29, 1.82) is 0 Å².